The molecule has 3 aliphatic carbocycles. The number of nitriles is 1. The molecule has 3 aromatic carbocycles. The van der Waals surface area contributed by atoms with E-state index in [1.165, 1.54) is 61.5 Å². The van der Waals surface area contributed by atoms with Crippen molar-refractivity contribution in [2.75, 3.05) is 14.1 Å². The fraction of sp³-hybridized carbons (Fsp3) is 0.243. The number of carbonyl (C=O) groups is 5. The van der Waals surface area contributed by atoms with Gasteiger partial charge in [0, 0.05) is 17.7 Å². The number of phenols is 1. The zero-order valence-corrected chi connectivity index (χ0v) is 28.6. The number of aliphatic hydroxyl groups is 2. The van der Waals surface area contributed by atoms with Gasteiger partial charge in [0.2, 0.25) is 0 Å². The second kappa shape index (κ2) is 11.6. The number of nitro benzene ring substituents is 1. The Morgan fingerprint density at radius 2 is 1.65 bits per heavy atom. The molecule has 3 amide bonds. The highest BCUT2D eigenvalue weighted by atomic mass is 16.6. The summed E-state index contributed by atoms with van der Waals surface area (Å²) in [4.78, 5) is 81.1. The van der Waals surface area contributed by atoms with Crippen molar-refractivity contribution in [1.82, 2.24) is 9.80 Å². The molecule has 54 heavy (non-hydrogen) atoms. The fourth-order valence-electron chi connectivity index (χ4n) is 8.67. The normalized spacial score (nSPS) is 26.0. The maximum Gasteiger partial charge on any atom is 0.270 e. The summed E-state index contributed by atoms with van der Waals surface area (Å²) < 4.78 is 0. The number of aliphatic hydroxyl groups excluding tert-OH is 2. The van der Waals surface area contributed by atoms with Crippen LogP contribution in [0.4, 0.5) is 5.69 Å². The quantitative estimate of drug-likeness (QED) is 0.0900. The first kappa shape index (κ1) is 35.7. The average Bonchev–Trinajstić information content (AvgIpc) is 3.33. The predicted molar refractivity (Wildman–Crippen MR) is 187 cm³/mol. The Kier molecular flexibility index (Phi) is 7.68. The first-order chi connectivity index (χ1) is 25.4. The van der Waals surface area contributed by atoms with E-state index < -0.39 is 110 Å². The van der Waals surface area contributed by atoms with Gasteiger partial charge in [-0.25, -0.2) is 0 Å². The number of carbonyl (C=O) groups excluding carboxylic acids is 5. The number of Topliss-reactive ketones (excluding diaryl/α,β-unsaturated/α-hetero) is 2. The number of nitro groups is 1. The number of fused-ring (bicyclic) bond motifs is 4. The van der Waals surface area contributed by atoms with Crippen LogP contribution in [0.3, 0.4) is 0 Å². The summed E-state index contributed by atoms with van der Waals surface area (Å²) in [5, 5.41) is 58.1. The van der Waals surface area contributed by atoms with E-state index >= 15 is 0 Å². The summed E-state index contributed by atoms with van der Waals surface area (Å²) >= 11 is 0. The molecule has 0 aromatic heterocycles. The second-order valence-electron chi connectivity index (χ2n) is 14.1. The number of hydrogen-bond donors (Lipinski definition) is 6. The first-order valence-electron chi connectivity index (χ1n) is 16.4. The number of hydrogen-bond acceptors (Lipinski definition) is 14. The number of ketones is 2. The van der Waals surface area contributed by atoms with Crippen LogP contribution in [0.1, 0.15) is 43.8 Å². The highest BCUT2D eigenvalue weighted by molar-refractivity contribution is 6.26. The SMILES string of the molecule is CN(C)[C@@H]1C(=O)C(C(N)=O)=C(O)[C@@]2(C#N)C(=O)C3=C(O)c4c(O)c(CN5C(=O)c6ccccc6C5=O)cc(-c5cccc([N+](=O)[O-])c5)c4C[C@@]3(N)C[C@@]12N. The molecule has 0 spiro atoms. The lowest BCUT2D eigenvalue weighted by atomic mass is 9.47. The lowest BCUT2D eigenvalue weighted by Crippen LogP contribution is -2.80. The smallest absolute Gasteiger partial charge is 0.270 e. The number of primary amides is 1. The van der Waals surface area contributed by atoms with Crippen LogP contribution in [-0.4, -0.2) is 90.5 Å². The number of phenolic OH excluding ortho intramolecular Hbond substituents is 1. The van der Waals surface area contributed by atoms with Gasteiger partial charge >= 0.3 is 0 Å². The summed E-state index contributed by atoms with van der Waals surface area (Å²) in [6.45, 7) is -0.552. The molecule has 0 unspecified atom stereocenters. The highest BCUT2D eigenvalue weighted by Gasteiger charge is 2.74. The van der Waals surface area contributed by atoms with E-state index in [0.717, 1.165) is 4.90 Å². The molecule has 1 heterocycles. The van der Waals surface area contributed by atoms with E-state index in [-0.39, 0.29) is 39.1 Å². The van der Waals surface area contributed by atoms with E-state index in [9.17, 15) is 54.7 Å². The molecule has 1 fully saturated rings. The van der Waals surface area contributed by atoms with Crippen molar-refractivity contribution in [3.05, 3.63) is 109 Å². The molecule has 0 saturated heterocycles. The van der Waals surface area contributed by atoms with Crippen molar-refractivity contribution in [1.29, 1.82) is 5.26 Å². The predicted octanol–water partition coefficient (Wildman–Crippen LogP) is 1.28. The fourth-order valence-corrected chi connectivity index (χ4v) is 8.67. The molecule has 4 aliphatic rings. The summed E-state index contributed by atoms with van der Waals surface area (Å²) in [5.41, 5.74) is 10.1. The van der Waals surface area contributed by atoms with E-state index in [4.69, 9.17) is 17.2 Å². The van der Waals surface area contributed by atoms with Crippen molar-refractivity contribution in [2.24, 2.45) is 22.6 Å². The van der Waals surface area contributed by atoms with Crippen LogP contribution >= 0.6 is 0 Å². The molecule has 7 rings (SSSR count). The molecule has 3 aromatic rings. The highest BCUT2D eigenvalue weighted by Crippen LogP contribution is 2.59. The maximum absolute atomic E-state index is 14.9. The van der Waals surface area contributed by atoms with Gasteiger partial charge in [0.1, 0.15) is 22.8 Å². The standard InChI is InChI=1S/C37H31N7O10/c1-42(2)29-28(47)24(32(39)50)30(48)36(15-38)31(49)25-27(46)23-22(12-35(25,40)14-37(29,36)41)21(16-6-5-7-18(10-16)44(53)54)11-17(26(23)45)13-43-33(51)19-8-3-4-9-20(19)34(43)52/h3-11,29,45-46,48H,12-14,40-41H2,1-2H3,(H2,39,50)/t29-,35-,36+,37-/m1/s1. The number of non-ortho nitro benzene ring substituents is 1. The molecule has 274 valence electrons. The van der Waals surface area contributed by atoms with Gasteiger partial charge < -0.3 is 32.5 Å². The lowest BCUT2D eigenvalue weighted by Gasteiger charge is -2.58. The van der Waals surface area contributed by atoms with Crippen LogP contribution < -0.4 is 17.2 Å². The minimum absolute atomic E-state index is 0.0600. The van der Waals surface area contributed by atoms with Crippen LogP contribution in [0.5, 0.6) is 5.75 Å². The van der Waals surface area contributed by atoms with Gasteiger partial charge in [0.25, 0.3) is 23.4 Å². The van der Waals surface area contributed by atoms with Crippen LogP contribution in [-0.2, 0) is 27.3 Å². The molecule has 0 bridgehead atoms. The zero-order chi connectivity index (χ0) is 39.4. The van der Waals surface area contributed by atoms with E-state index in [1.807, 2.05) is 0 Å². The Morgan fingerprint density at radius 3 is 2.20 bits per heavy atom. The van der Waals surface area contributed by atoms with E-state index in [1.54, 1.807) is 18.2 Å². The van der Waals surface area contributed by atoms with Gasteiger partial charge in [-0.2, -0.15) is 5.26 Å². The van der Waals surface area contributed by atoms with Crippen LogP contribution in [0.2, 0.25) is 0 Å². The van der Waals surface area contributed by atoms with E-state index in [2.05, 4.69) is 0 Å². The monoisotopic (exact) mass is 733 g/mol. The van der Waals surface area contributed by atoms with Crippen molar-refractivity contribution >= 4 is 40.7 Å². The minimum atomic E-state index is -2.90. The Hall–Kier alpha value is -6.74. The summed E-state index contributed by atoms with van der Waals surface area (Å²) in [6.07, 6.45) is -1.08. The number of rotatable bonds is 6. The molecular formula is C37H31N7O10. The number of amides is 3. The number of aromatic hydroxyl groups is 1. The van der Waals surface area contributed by atoms with Crippen LogP contribution in [0, 0.1) is 26.9 Å². The zero-order valence-electron chi connectivity index (χ0n) is 28.6. The number of benzene rings is 3. The third kappa shape index (κ3) is 4.44. The van der Waals surface area contributed by atoms with Crippen molar-refractivity contribution in [3.63, 3.8) is 0 Å². The largest absolute Gasteiger partial charge is 0.509 e. The minimum Gasteiger partial charge on any atom is -0.509 e. The molecule has 0 radical (unpaired) electrons. The van der Waals surface area contributed by atoms with Crippen LogP contribution in [0.15, 0.2) is 71.5 Å². The van der Waals surface area contributed by atoms with Crippen molar-refractivity contribution in [2.45, 2.75) is 36.5 Å². The number of nitrogens with zero attached hydrogens (tertiary/aromatic N) is 4. The average molecular weight is 734 g/mol. The first-order valence-corrected chi connectivity index (χ1v) is 16.4. The van der Waals surface area contributed by atoms with Gasteiger partial charge in [-0.3, -0.25) is 43.9 Å². The second-order valence-corrected chi connectivity index (χ2v) is 14.1. The van der Waals surface area contributed by atoms with Gasteiger partial charge in [0.15, 0.2) is 17.0 Å². The molecule has 9 N–H and O–H groups in total. The molecule has 4 atom stereocenters. The summed E-state index contributed by atoms with van der Waals surface area (Å²) in [7, 11) is 2.78. The van der Waals surface area contributed by atoms with Crippen molar-refractivity contribution < 1.29 is 44.2 Å². The van der Waals surface area contributed by atoms with Gasteiger partial charge in [-0.15, -0.1) is 0 Å². The number of nitrogens with two attached hydrogens (primary N) is 3. The Morgan fingerprint density at radius 1 is 1.02 bits per heavy atom. The van der Waals surface area contributed by atoms with Crippen molar-refractivity contribution in [3.8, 4) is 22.9 Å². The van der Waals surface area contributed by atoms with E-state index in [0.29, 0.717) is 0 Å². The molecular weight excluding hydrogens is 702 g/mol. The lowest BCUT2D eigenvalue weighted by molar-refractivity contribution is -0.384. The van der Waals surface area contributed by atoms with Gasteiger partial charge in [0.05, 0.1) is 56.9 Å². The van der Waals surface area contributed by atoms with Gasteiger partial charge in [-0.1, -0.05) is 24.3 Å². The molecule has 17 nitrogen and oxygen atoms in total. The third-order valence-corrected chi connectivity index (χ3v) is 10.9. The van der Waals surface area contributed by atoms with Crippen LogP contribution in [0.25, 0.3) is 16.9 Å². The number of imide groups is 1. The summed E-state index contributed by atoms with van der Waals surface area (Å²) in [5.74, 6) is -8.24. The maximum atomic E-state index is 14.9. The topological polar surface area (TPSA) is 298 Å². The third-order valence-electron chi connectivity index (χ3n) is 10.9. The Balaban J connectivity index is 1.51. The molecule has 17 heteroatoms. The number of likely N-dealkylation sites (N-methyl/N-ethyl adjacent to an activating group) is 1. The molecule has 1 saturated carbocycles. The van der Waals surface area contributed by atoms with Gasteiger partial charge in [-0.05, 0) is 61.8 Å². The summed E-state index contributed by atoms with van der Waals surface area (Å²) in [6, 6.07) is 12.8. The Bertz CT molecular complexity index is 2410. The molecule has 1 aliphatic heterocycles. The Labute approximate surface area is 305 Å².